The summed E-state index contributed by atoms with van der Waals surface area (Å²) in [4.78, 5) is 17.1. The van der Waals surface area contributed by atoms with Crippen LogP contribution in [0, 0.1) is 6.92 Å². The van der Waals surface area contributed by atoms with E-state index in [9.17, 15) is 4.79 Å². The van der Waals surface area contributed by atoms with E-state index in [1.54, 1.807) is 6.33 Å². The molecule has 0 bridgehead atoms. The number of imidazole rings is 1. The monoisotopic (exact) mass is 223 g/mol. The Hall–Kier alpha value is -1.20. The first kappa shape index (κ1) is 11.3. The summed E-state index contributed by atoms with van der Waals surface area (Å²) in [5.41, 5.74) is 1.49. The van der Waals surface area contributed by atoms with Gasteiger partial charge in [-0.25, -0.2) is 4.98 Å². The van der Waals surface area contributed by atoms with E-state index in [0.717, 1.165) is 51.4 Å². The van der Waals surface area contributed by atoms with Crippen LogP contribution in [0.5, 0.6) is 0 Å². The molecule has 1 aliphatic rings. The van der Waals surface area contributed by atoms with Gasteiger partial charge in [-0.15, -0.1) is 0 Å². The average molecular weight is 223 g/mol. The molecule has 2 heterocycles. The molecule has 0 amide bonds. The molecule has 88 valence electrons. The van der Waals surface area contributed by atoms with E-state index >= 15 is 0 Å². The zero-order valence-corrected chi connectivity index (χ0v) is 9.56. The van der Waals surface area contributed by atoms with Gasteiger partial charge in [0, 0.05) is 31.9 Å². The van der Waals surface area contributed by atoms with E-state index < -0.39 is 0 Å². The highest BCUT2D eigenvalue weighted by Gasteiger charge is 2.11. The summed E-state index contributed by atoms with van der Waals surface area (Å²) >= 11 is 0. The highest BCUT2D eigenvalue weighted by atomic mass is 16.5. The maximum atomic E-state index is 10.6. The van der Waals surface area contributed by atoms with Crippen LogP contribution in [-0.4, -0.2) is 53.6 Å². The minimum absolute atomic E-state index is 0.543. The van der Waals surface area contributed by atoms with Crippen LogP contribution in [0.25, 0.3) is 0 Å². The van der Waals surface area contributed by atoms with Gasteiger partial charge >= 0.3 is 0 Å². The highest BCUT2D eigenvalue weighted by Crippen LogP contribution is 2.04. The van der Waals surface area contributed by atoms with Crippen LogP contribution in [0.3, 0.4) is 0 Å². The van der Waals surface area contributed by atoms with Gasteiger partial charge in [0.25, 0.3) is 0 Å². The lowest BCUT2D eigenvalue weighted by atomic mass is 10.3. The fraction of sp³-hybridized carbons (Fsp3) is 0.636. The van der Waals surface area contributed by atoms with E-state index in [1.165, 1.54) is 0 Å². The zero-order valence-electron chi connectivity index (χ0n) is 9.56. The van der Waals surface area contributed by atoms with E-state index in [4.69, 9.17) is 4.74 Å². The fourth-order valence-corrected chi connectivity index (χ4v) is 1.87. The number of morpholine rings is 1. The minimum atomic E-state index is 0.543. The first-order chi connectivity index (χ1) is 7.81. The molecule has 0 aliphatic carbocycles. The van der Waals surface area contributed by atoms with Gasteiger partial charge in [0.2, 0.25) is 0 Å². The Kier molecular flexibility index (Phi) is 3.69. The third-order valence-electron chi connectivity index (χ3n) is 3.01. The number of carbonyl (C=O) groups is 1. The molecule has 0 radical (unpaired) electrons. The molecular formula is C11H17N3O2. The van der Waals surface area contributed by atoms with E-state index in [1.807, 2.05) is 11.5 Å². The van der Waals surface area contributed by atoms with Crippen LogP contribution < -0.4 is 0 Å². The predicted octanol–water partition coefficient (Wildman–Crippen LogP) is 0.336. The number of aldehydes is 1. The Morgan fingerprint density at radius 2 is 2.19 bits per heavy atom. The Labute approximate surface area is 95.0 Å². The Bertz CT molecular complexity index is 356. The molecule has 1 saturated heterocycles. The SMILES string of the molecule is Cc1c(C=O)ncn1CCN1CCOCC1. The number of hydrogen-bond acceptors (Lipinski definition) is 4. The largest absolute Gasteiger partial charge is 0.379 e. The second-order valence-electron chi connectivity index (χ2n) is 3.98. The standard InChI is InChI=1S/C11H17N3O2/c1-10-11(8-15)12-9-14(10)3-2-13-4-6-16-7-5-13/h8-9H,2-7H2,1H3. The van der Waals surface area contributed by atoms with Gasteiger partial charge in [-0.2, -0.15) is 0 Å². The number of rotatable bonds is 4. The van der Waals surface area contributed by atoms with Crippen molar-refractivity contribution in [3.05, 3.63) is 17.7 Å². The molecule has 5 nitrogen and oxygen atoms in total. The number of aromatic nitrogens is 2. The number of nitrogens with zero attached hydrogens (tertiary/aromatic N) is 3. The topological polar surface area (TPSA) is 47.4 Å². The molecule has 0 unspecified atom stereocenters. The fourth-order valence-electron chi connectivity index (χ4n) is 1.87. The van der Waals surface area contributed by atoms with Crippen LogP contribution in [0.1, 0.15) is 16.2 Å². The quantitative estimate of drug-likeness (QED) is 0.690. The van der Waals surface area contributed by atoms with Crippen molar-refractivity contribution in [2.75, 3.05) is 32.8 Å². The minimum Gasteiger partial charge on any atom is -0.379 e. The molecule has 5 heteroatoms. The normalized spacial score (nSPS) is 17.6. The lowest BCUT2D eigenvalue weighted by Crippen LogP contribution is -2.38. The molecular weight excluding hydrogens is 206 g/mol. The lowest BCUT2D eigenvalue weighted by molar-refractivity contribution is 0.0363. The molecule has 2 rings (SSSR count). The van der Waals surface area contributed by atoms with Gasteiger partial charge in [0.05, 0.1) is 19.5 Å². The Balaban J connectivity index is 1.88. The molecule has 0 spiro atoms. The second kappa shape index (κ2) is 5.23. The summed E-state index contributed by atoms with van der Waals surface area (Å²) in [6.45, 7) is 7.43. The molecule has 16 heavy (non-hydrogen) atoms. The van der Waals surface area contributed by atoms with Crippen molar-refractivity contribution >= 4 is 6.29 Å². The van der Waals surface area contributed by atoms with Gasteiger partial charge < -0.3 is 9.30 Å². The van der Waals surface area contributed by atoms with Crippen molar-refractivity contribution in [3.8, 4) is 0 Å². The molecule has 0 saturated carbocycles. The molecule has 1 aliphatic heterocycles. The van der Waals surface area contributed by atoms with Crippen LogP contribution in [0.4, 0.5) is 0 Å². The summed E-state index contributed by atoms with van der Waals surface area (Å²) in [6.07, 6.45) is 2.54. The number of carbonyl (C=O) groups excluding carboxylic acids is 1. The Morgan fingerprint density at radius 1 is 1.44 bits per heavy atom. The smallest absolute Gasteiger partial charge is 0.170 e. The van der Waals surface area contributed by atoms with Crippen molar-refractivity contribution in [1.82, 2.24) is 14.5 Å². The maximum Gasteiger partial charge on any atom is 0.170 e. The zero-order chi connectivity index (χ0) is 11.4. The first-order valence-corrected chi connectivity index (χ1v) is 5.58. The number of ether oxygens (including phenoxy) is 1. The van der Waals surface area contributed by atoms with E-state index in [2.05, 4.69) is 9.88 Å². The molecule has 1 aromatic heterocycles. The van der Waals surface area contributed by atoms with Crippen LogP contribution in [0.2, 0.25) is 0 Å². The van der Waals surface area contributed by atoms with Crippen molar-refractivity contribution in [3.63, 3.8) is 0 Å². The van der Waals surface area contributed by atoms with Crippen molar-refractivity contribution in [1.29, 1.82) is 0 Å². The Morgan fingerprint density at radius 3 is 2.81 bits per heavy atom. The van der Waals surface area contributed by atoms with Gasteiger partial charge in [-0.3, -0.25) is 9.69 Å². The van der Waals surface area contributed by atoms with Gasteiger partial charge in [-0.05, 0) is 6.92 Å². The van der Waals surface area contributed by atoms with Crippen LogP contribution in [-0.2, 0) is 11.3 Å². The molecule has 0 atom stereocenters. The van der Waals surface area contributed by atoms with Crippen molar-refractivity contribution < 1.29 is 9.53 Å². The number of hydrogen-bond donors (Lipinski definition) is 0. The van der Waals surface area contributed by atoms with Gasteiger partial charge in [-0.1, -0.05) is 0 Å². The maximum absolute atomic E-state index is 10.6. The molecule has 1 aromatic rings. The third-order valence-corrected chi connectivity index (χ3v) is 3.01. The summed E-state index contributed by atoms with van der Waals surface area (Å²) in [5, 5.41) is 0. The van der Waals surface area contributed by atoms with Gasteiger partial charge in [0.15, 0.2) is 6.29 Å². The van der Waals surface area contributed by atoms with Crippen LogP contribution in [0.15, 0.2) is 6.33 Å². The second-order valence-corrected chi connectivity index (χ2v) is 3.98. The summed E-state index contributed by atoms with van der Waals surface area (Å²) in [6, 6.07) is 0. The van der Waals surface area contributed by atoms with E-state index in [-0.39, 0.29) is 0 Å². The summed E-state index contributed by atoms with van der Waals surface area (Å²) < 4.78 is 7.32. The van der Waals surface area contributed by atoms with Crippen LogP contribution >= 0.6 is 0 Å². The van der Waals surface area contributed by atoms with Crippen molar-refractivity contribution in [2.24, 2.45) is 0 Å². The van der Waals surface area contributed by atoms with Crippen molar-refractivity contribution in [2.45, 2.75) is 13.5 Å². The van der Waals surface area contributed by atoms with E-state index in [0.29, 0.717) is 5.69 Å². The summed E-state index contributed by atoms with van der Waals surface area (Å²) in [7, 11) is 0. The molecule has 1 fully saturated rings. The highest BCUT2D eigenvalue weighted by molar-refractivity contribution is 5.73. The first-order valence-electron chi connectivity index (χ1n) is 5.58. The average Bonchev–Trinajstić information content (AvgIpc) is 2.69. The molecule has 0 aromatic carbocycles. The third kappa shape index (κ3) is 2.48. The summed E-state index contributed by atoms with van der Waals surface area (Å²) in [5.74, 6) is 0. The molecule has 0 N–H and O–H groups in total. The van der Waals surface area contributed by atoms with Gasteiger partial charge in [0.1, 0.15) is 5.69 Å². The predicted molar refractivity (Wildman–Crippen MR) is 59.6 cm³/mol. The lowest BCUT2D eigenvalue weighted by Gasteiger charge is -2.26.